The molecule has 0 saturated heterocycles. The summed E-state index contributed by atoms with van der Waals surface area (Å²) in [5.41, 5.74) is -0.180. The first kappa shape index (κ1) is 13.9. The zero-order chi connectivity index (χ0) is 12.2. The minimum Gasteiger partial charge on any atom is -0.444 e. The molecule has 0 aliphatic carbocycles. The van der Waals surface area contributed by atoms with E-state index in [-0.39, 0.29) is 0 Å². The van der Waals surface area contributed by atoms with Gasteiger partial charge in [-0.25, -0.2) is 4.79 Å². The zero-order valence-electron chi connectivity index (χ0n) is 9.57. The summed E-state index contributed by atoms with van der Waals surface area (Å²) in [6.07, 6.45) is -2.39. The van der Waals surface area contributed by atoms with Gasteiger partial charge >= 0.3 is 6.09 Å². The number of amides is 1. The quantitative estimate of drug-likeness (QED) is 0.482. The highest BCUT2D eigenvalue weighted by atomic mass is 16.6. The SMILES string of the molecule is C=C(C)[C@H](NC(=O)OC(C)(C)C)C(O)O. The Kier molecular flexibility index (Phi) is 4.77. The molecule has 0 aromatic carbocycles. The maximum atomic E-state index is 11.3. The predicted octanol–water partition coefficient (Wildman–Crippen LogP) is 0.766. The highest BCUT2D eigenvalue weighted by Crippen LogP contribution is 2.08. The molecular formula is C10H19NO4. The van der Waals surface area contributed by atoms with Crippen LogP contribution < -0.4 is 5.32 Å². The Labute approximate surface area is 89.7 Å². The normalized spacial score (nSPS) is 13.5. The van der Waals surface area contributed by atoms with Gasteiger partial charge in [-0.2, -0.15) is 0 Å². The fourth-order valence-corrected chi connectivity index (χ4v) is 0.887. The lowest BCUT2D eigenvalue weighted by molar-refractivity contribution is -0.0594. The highest BCUT2D eigenvalue weighted by molar-refractivity contribution is 5.68. The predicted molar refractivity (Wildman–Crippen MR) is 56.2 cm³/mol. The molecule has 0 radical (unpaired) electrons. The average molecular weight is 217 g/mol. The second-order valence-electron chi connectivity index (χ2n) is 4.38. The largest absolute Gasteiger partial charge is 0.444 e. The Morgan fingerprint density at radius 1 is 1.40 bits per heavy atom. The second kappa shape index (κ2) is 5.14. The van der Waals surface area contributed by atoms with E-state index < -0.39 is 24.0 Å². The molecule has 0 saturated carbocycles. The van der Waals surface area contributed by atoms with Crippen LogP contribution in [0.4, 0.5) is 4.79 Å². The van der Waals surface area contributed by atoms with Crippen molar-refractivity contribution in [2.75, 3.05) is 0 Å². The fourth-order valence-electron chi connectivity index (χ4n) is 0.887. The van der Waals surface area contributed by atoms with Gasteiger partial charge in [-0.3, -0.25) is 0 Å². The van der Waals surface area contributed by atoms with Crippen molar-refractivity contribution < 1.29 is 19.7 Å². The number of hydrogen-bond acceptors (Lipinski definition) is 4. The van der Waals surface area contributed by atoms with Gasteiger partial charge in [0.1, 0.15) is 11.6 Å². The van der Waals surface area contributed by atoms with Crippen molar-refractivity contribution in [3.05, 3.63) is 12.2 Å². The van der Waals surface area contributed by atoms with Crippen LogP contribution in [0.1, 0.15) is 27.7 Å². The monoisotopic (exact) mass is 217 g/mol. The molecule has 5 heteroatoms. The van der Waals surface area contributed by atoms with Gasteiger partial charge < -0.3 is 20.3 Å². The lowest BCUT2D eigenvalue weighted by Gasteiger charge is -2.24. The molecule has 1 amide bonds. The van der Waals surface area contributed by atoms with E-state index in [0.29, 0.717) is 5.57 Å². The molecule has 88 valence electrons. The Balaban J connectivity index is 4.31. The van der Waals surface area contributed by atoms with E-state index in [1.807, 2.05) is 0 Å². The van der Waals surface area contributed by atoms with Gasteiger partial charge in [0, 0.05) is 0 Å². The van der Waals surface area contributed by atoms with E-state index in [1.165, 1.54) is 0 Å². The van der Waals surface area contributed by atoms with Crippen LogP contribution in [0.15, 0.2) is 12.2 Å². The Hall–Kier alpha value is -1.07. The van der Waals surface area contributed by atoms with E-state index in [1.54, 1.807) is 27.7 Å². The molecule has 0 rings (SSSR count). The smallest absolute Gasteiger partial charge is 0.408 e. The molecule has 15 heavy (non-hydrogen) atoms. The van der Waals surface area contributed by atoms with E-state index >= 15 is 0 Å². The van der Waals surface area contributed by atoms with E-state index in [4.69, 9.17) is 14.9 Å². The first-order valence-corrected chi connectivity index (χ1v) is 4.64. The summed E-state index contributed by atoms with van der Waals surface area (Å²) < 4.78 is 4.96. The lowest BCUT2D eigenvalue weighted by Crippen LogP contribution is -2.45. The van der Waals surface area contributed by atoms with Crippen molar-refractivity contribution in [3.8, 4) is 0 Å². The van der Waals surface area contributed by atoms with Crippen LogP contribution in [0.2, 0.25) is 0 Å². The van der Waals surface area contributed by atoms with Crippen molar-refractivity contribution >= 4 is 6.09 Å². The van der Waals surface area contributed by atoms with Crippen LogP contribution >= 0.6 is 0 Å². The van der Waals surface area contributed by atoms with E-state index in [0.717, 1.165) is 0 Å². The van der Waals surface area contributed by atoms with Crippen LogP contribution in [0.25, 0.3) is 0 Å². The van der Waals surface area contributed by atoms with Crippen LogP contribution in [-0.4, -0.2) is 34.2 Å². The van der Waals surface area contributed by atoms with E-state index in [2.05, 4.69) is 11.9 Å². The van der Waals surface area contributed by atoms with Gasteiger partial charge in [-0.15, -0.1) is 0 Å². The van der Waals surface area contributed by atoms with Gasteiger partial charge in [0.2, 0.25) is 0 Å². The third-order valence-corrected chi connectivity index (χ3v) is 1.50. The number of nitrogens with one attached hydrogen (secondary N) is 1. The van der Waals surface area contributed by atoms with Crippen molar-refractivity contribution in [1.29, 1.82) is 0 Å². The van der Waals surface area contributed by atoms with Gasteiger partial charge in [0.15, 0.2) is 6.29 Å². The van der Waals surface area contributed by atoms with Gasteiger partial charge in [0.25, 0.3) is 0 Å². The third kappa shape index (κ3) is 6.09. The van der Waals surface area contributed by atoms with Crippen molar-refractivity contribution in [2.24, 2.45) is 0 Å². The molecule has 0 spiro atoms. The second-order valence-corrected chi connectivity index (χ2v) is 4.38. The zero-order valence-corrected chi connectivity index (χ0v) is 9.57. The molecule has 0 heterocycles. The van der Waals surface area contributed by atoms with Crippen LogP contribution in [-0.2, 0) is 4.74 Å². The number of alkyl carbamates (subject to hydrolysis) is 1. The first-order valence-electron chi connectivity index (χ1n) is 4.64. The van der Waals surface area contributed by atoms with Crippen LogP contribution in [0.5, 0.6) is 0 Å². The first-order chi connectivity index (χ1) is 6.63. The fraction of sp³-hybridized carbons (Fsp3) is 0.700. The van der Waals surface area contributed by atoms with Crippen LogP contribution in [0.3, 0.4) is 0 Å². The van der Waals surface area contributed by atoms with Crippen molar-refractivity contribution in [2.45, 2.75) is 45.6 Å². The molecule has 1 atom stereocenters. The molecule has 0 fully saturated rings. The number of carbonyl (C=O) groups excluding carboxylic acids is 1. The van der Waals surface area contributed by atoms with Gasteiger partial charge in [-0.1, -0.05) is 12.2 Å². The number of rotatable bonds is 3. The summed E-state index contributed by atoms with van der Waals surface area (Å²) in [5, 5.41) is 20.2. The molecular weight excluding hydrogens is 198 g/mol. The lowest BCUT2D eigenvalue weighted by atomic mass is 10.1. The molecule has 0 unspecified atom stereocenters. The third-order valence-electron chi connectivity index (χ3n) is 1.50. The Bertz CT molecular complexity index is 242. The molecule has 0 aliphatic rings. The van der Waals surface area contributed by atoms with Crippen molar-refractivity contribution in [3.63, 3.8) is 0 Å². The summed E-state index contributed by atoms with van der Waals surface area (Å²) in [6.45, 7) is 10.3. The summed E-state index contributed by atoms with van der Waals surface area (Å²) >= 11 is 0. The molecule has 0 bridgehead atoms. The molecule has 5 nitrogen and oxygen atoms in total. The number of hydrogen-bond donors (Lipinski definition) is 3. The van der Waals surface area contributed by atoms with E-state index in [9.17, 15) is 4.79 Å². The maximum absolute atomic E-state index is 11.3. The number of carbonyl (C=O) groups is 1. The average Bonchev–Trinajstić information content (AvgIpc) is 1.95. The summed E-state index contributed by atoms with van der Waals surface area (Å²) in [5.74, 6) is 0. The Morgan fingerprint density at radius 3 is 2.13 bits per heavy atom. The molecule has 0 aromatic rings. The minimum atomic E-state index is -1.69. The van der Waals surface area contributed by atoms with Crippen LogP contribution in [0, 0.1) is 0 Å². The minimum absolute atomic E-state index is 0.441. The highest BCUT2D eigenvalue weighted by Gasteiger charge is 2.23. The Morgan fingerprint density at radius 2 is 1.87 bits per heavy atom. The summed E-state index contributed by atoms with van der Waals surface area (Å²) in [6, 6.07) is -0.917. The maximum Gasteiger partial charge on any atom is 0.408 e. The van der Waals surface area contributed by atoms with Gasteiger partial charge in [0.05, 0.1) is 0 Å². The number of ether oxygens (including phenoxy) is 1. The molecule has 3 N–H and O–H groups in total. The standard InChI is InChI=1S/C10H19NO4/c1-6(2)7(8(12)13)11-9(14)15-10(3,4)5/h7-8,12-13H,1H2,2-5H3,(H,11,14)/t7-/m0/s1. The summed E-state index contributed by atoms with van der Waals surface area (Å²) in [4.78, 5) is 11.3. The number of aliphatic hydroxyl groups excluding tert-OH is 1. The topological polar surface area (TPSA) is 78.8 Å². The number of aliphatic hydroxyl groups is 2. The summed E-state index contributed by atoms with van der Waals surface area (Å²) in [7, 11) is 0. The van der Waals surface area contributed by atoms with Crippen molar-refractivity contribution in [1.82, 2.24) is 5.32 Å². The van der Waals surface area contributed by atoms with Gasteiger partial charge in [-0.05, 0) is 27.7 Å². The molecule has 0 aliphatic heterocycles. The molecule has 0 aromatic heterocycles.